The Labute approximate surface area is 104 Å². The van der Waals surface area contributed by atoms with Crippen LogP contribution in [0.4, 0.5) is 5.82 Å². The Morgan fingerprint density at radius 1 is 1.50 bits per heavy atom. The van der Waals surface area contributed by atoms with E-state index in [2.05, 4.69) is 20.0 Å². The molecule has 0 bridgehead atoms. The van der Waals surface area contributed by atoms with Crippen LogP contribution in [0.1, 0.15) is 23.2 Å². The predicted molar refractivity (Wildman–Crippen MR) is 63.4 cm³/mol. The average molecular weight is 253 g/mol. The molecule has 0 fully saturated rings. The number of nitrogens with zero attached hydrogens (tertiary/aromatic N) is 2. The maximum Gasteiger partial charge on any atom is 0.376 e. The second-order valence-electron chi connectivity index (χ2n) is 3.83. The second-order valence-corrected chi connectivity index (χ2v) is 3.83. The maximum atomic E-state index is 11.3. The highest BCUT2D eigenvalue weighted by Crippen LogP contribution is 2.08. The quantitative estimate of drug-likeness (QED) is 0.745. The van der Waals surface area contributed by atoms with Gasteiger partial charge in [-0.05, 0) is 6.92 Å². The Balaban J connectivity index is 2.80. The summed E-state index contributed by atoms with van der Waals surface area (Å²) in [5.74, 6) is -1.74. The lowest BCUT2D eigenvalue weighted by Crippen LogP contribution is -2.21. The van der Waals surface area contributed by atoms with Crippen molar-refractivity contribution in [2.45, 2.75) is 13.8 Å². The van der Waals surface area contributed by atoms with E-state index in [1.807, 2.05) is 0 Å². The van der Waals surface area contributed by atoms with Crippen LogP contribution in [0, 0.1) is 12.8 Å². The fourth-order valence-corrected chi connectivity index (χ4v) is 1.19. The van der Waals surface area contributed by atoms with Crippen LogP contribution in [0.3, 0.4) is 0 Å². The lowest BCUT2D eigenvalue weighted by molar-refractivity contribution is -0.140. The van der Waals surface area contributed by atoms with Gasteiger partial charge in [-0.3, -0.25) is 4.79 Å². The summed E-state index contributed by atoms with van der Waals surface area (Å²) in [5.41, 5.74) is 0.593. The molecule has 0 saturated carbocycles. The number of rotatable bonds is 5. The van der Waals surface area contributed by atoms with E-state index in [0.717, 1.165) is 0 Å². The van der Waals surface area contributed by atoms with Gasteiger partial charge in [-0.2, -0.15) is 0 Å². The molecule has 1 rings (SSSR count). The minimum atomic E-state index is -0.901. The molecule has 18 heavy (non-hydrogen) atoms. The third-order valence-electron chi connectivity index (χ3n) is 2.23. The zero-order valence-corrected chi connectivity index (χ0v) is 10.4. The molecule has 0 radical (unpaired) electrons. The van der Waals surface area contributed by atoms with E-state index in [1.165, 1.54) is 7.11 Å². The zero-order valence-electron chi connectivity index (χ0n) is 10.4. The predicted octanol–water partition coefficient (Wildman–Crippen LogP) is 0.704. The van der Waals surface area contributed by atoms with Crippen LogP contribution in [0.2, 0.25) is 0 Å². The summed E-state index contributed by atoms with van der Waals surface area (Å²) in [6.07, 6.45) is 0. The summed E-state index contributed by atoms with van der Waals surface area (Å²) in [5, 5.41) is 11.6. The van der Waals surface area contributed by atoms with Gasteiger partial charge >= 0.3 is 11.9 Å². The highest BCUT2D eigenvalue weighted by molar-refractivity contribution is 5.85. The van der Waals surface area contributed by atoms with E-state index in [9.17, 15) is 9.59 Å². The summed E-state index contributed by atoms with van der Waals surface area (Å²) >= 11 is 0. The first-order valence-corrected chi connectivity index (χ1v) is 5.34. The number of carbonyl (C=O) groups is 2. The minimum Gasteiger partial charge on any atom is -0.481 e. The molecule has 0 saturated heterocycles. The summed E-state index contributed by atoms with van der Waals surface area (Å²) in [4.78, 5) is 29.8. The third-order valence-corrected chi connectivity index (χ3v) is 2.23. The standard InChI is InChI=1S/C11H15N3O4/c1-6(10(15)16)5-12-8-4-7(2)13-9(14-8)11(17)18-3/h4,6H,5H2,1-3H3,(H,15,16)(H,12,13,14). The number of nitrogens with one attached hydrogen (secondary N) is 1. The number of hydrogen-bond acceptors (Lipinski definition) is 6. The first-order valence-electron chi connectivity index (χ1n) is 5.34. The Morgan fingerprint density at radius 3 is 2.72 bits per heavy atom. The molecule has 2 N–H and O–H groups in total. The number of esters is 1. The first kappa shape index (κ1) is 13.9. The van der Waals surface area contributed by atoms with E-state index in [1.54, 1.807) is 19.9 Å². The summed E-state index contributed by atoms with van der Waals surface area (Å²) in [7, 11) is 1.24. The third kappa shape index (κ3) is 3.69. The van der Waals surface area contributed by atoms with E-state index < -0.39 is 17.9 Å². The van der Waals surface area contributed by atoms with Crippen molar-refractivity contribution in [3.63, 3.8) is 0 Å². The van der Waals surface area contributed by atoms with Gasteiger partial charge in [-0.1, -0.05) is 6.92 Å². The van der Waals surface area contributed by atoms with Crippen LogP contribution in [-0.4, -0.2) is 40.7 Å². The van der Waals surface area contributed by atoms with Crippen LogP contribution in [0.15, 0.2) is 6.07 Å². The van der Waals surface area contributed by atoms with E-state index >= 15 is 0 Å². The monoisotopic (exact) mass is 253 g/mol. The van der Waals surface area contributed by atoms with Crippen molar-refractivity contribution >= 4 is 17.8 Å². The van der Waals surface area contributed by atoms with Gasteiger partial charge < -0.3 is 15.2 Å². The van der Waals surface area contributed by atoms with Gasteiger partial charge in [0.1, 0.15) is 5.82 Å². The van der Waals surface area contributed by atoms with E-state index in [-0.39, 0.29) is 12.4 Å². The average Bonchev–Trinajstić information content (AvgIpc) is 2.34. The Bertz CT molecular complexity index is 462. The molecule has 1 unspecified atom stereocenters. The SMILES string of the molecule is COC(=O)c1nc(C)cc(NCC(C)C(=O)O)n1. The Hall–Kier alpha value is -2.18. The highest BCUT2D eigenvalue weighted by atomic mass is 16.5. The van der Waals surface area contributed by atoms with Crippen LogP contribution >= 0.6 is 0 Å². The van der Waals surface area contributed by atoms with Gasteiger partial charge in [0.25, 0.3) is 0 Å². The summed E-state index contributed by atoms with van der Waals surface area (Å²) in [6, 6.07) is 1.63. The van der Waals surface area contributed by atoms with Gasteiger partial charge in [0.15, 0.2) is 0 Å². The van der Waals surface area contributed by atoms with Crippen molar-refractivity contribution < 1.29 is 19.4 Å². The molecule has 7 heteroatoms. The fraction of sp³-hybridized carbons (Fsp3) is 0.455. The number of aromatic nitrogens is 2. The summed E-state index contributed by atoms with van der Waals surface area (Å²) < 4.78 is 4.52. The molecule has 0 aliphatic rings. The molecule has 0 aliphatic carbocycles. The van der Waals surface area contributed by atoms with Crippen LogP contribution in [0.5, 0.6) is 0 Å². The van der Waals surface area contributed by atoms with Crippen LogP contribution in [0.25, 0.3) is 0 Å². The van der Waals surface area contributed by atoms with E-state index in [0.29, 0.717) is 11.5 Å². The van der Waals surface area contributed by atoms with Gasteiger partial charge in [0.05, 0.1) is 13.0 Å². The molecule has 0 aromatic carbocycles. The number of aliphatic carboxylic acids is 1. The molecule has 1 aromatic heterocycles. The molecule has 1 atom stereocenters. The number of anilines is 1. The van der Waals surface area contributed by atoms with Crippen molar-refractivity contribution in [2.24, 2.45) is 5.92 Å². The van der Waals surface area contributed by atoms with Gasteiger partial charge in [-0.15, -0.1) is 0 Å². The molecule has 0 amide bonds. The molecule has 1 heterocycles. The molecule has 0 spiro atoms. The van der Waals surface area contributed by atoms with Crippen LogP contribution < -0.4 is 5.32 Å². The molecule has 7 nitrogen and oxygen atoms in total. The number of carboxylic acid groups (broad SMARTS) is 1. The van der Waals surface area contributed by atoms with Crippen molar-refractivity contribution in [3.8, 4) is 0 Å². The summed E-state index contributed by atoms with van der Waals surface area (Å²) in [6.45, 7) is 3.50. The number of methoxy groups -OCH3 is 1. The lowest BCUT2D eigenvalue weighted by Gasteiger charge is -2.10. The minimum absolute atomic E-state index is 0.0528. The first-order chi connectivity index (χ1) is 8.43. The number of aryl methyl sites for hydroxylation is 1. The fourth-order valence-electron chi connectivity index (χ4n) is 1.19. The number of hydrogen-bond donors (Lipinski definition) is 2. The smallest absolute Gasteiger partial charge is 0.376 e. The maximum absolute atomic E-state index is 11.3. The van der Waals surface area contributed by atoms with E-state index in [4.69, 9.17) is 5.11 Å². The largest absolute Gasteiger partial charge is 0.481 e. The molecular formula is C11H15N3O4. The highest BCUT2D eigenvalue weighted by Gasteiger charge is 2.13. The lowest BCUT2D eigenvalue weighted by atomic mass is 10.2. The van der Waals surface area contributed by atoms with Crippen molar-refractivity contribution in [2.75, 3.05) is 19.0 Å². The Kier molecular flexibility index (Phi) is 4.59. The molecular weight excluding hydrogens is 238 g/mol. The number of ether oxygens (including phenoxy) is 1. The number of carboxylic acids is 1. The van der Waals surface area contributed by atoms with Crippen molar-refractivity contribution in [1.82, 2.24) is 9.97 Å². The van der Waals surface area contributed by atoms with Gasteiger partial charge in [0.2, 0.25) is 5.82 Å². The Morgan fingerprint density at radius 2 is 2.17 bits per heavy atom. The molecule has 98 valence electrons. The van der Waals surface area contributed by atoms with Gasteiger partial charge in [0, 0.05) is 18.3 Å². The van der Waals surface area contributed by atoms with Crippen LogP contribution in [-0.2, 0) is 9.53 Å². The van der Waals surface area contributed by atoms with Crippen molar-refractivity contribution in [1.29, 1.82) is 0 Å². The number of carbonyl (C=O) groups excluding carboxylic acids is 1. The second kappa shape index (κ2) is 5.95. The topological polar surface area (TPSA) is 101 Å². The zero-order chi connectivity index (χ0) is 13.7. The van der Waals surface area contributed by atoms with Gasteiger partial charge in [-0.25, -0.2) is 14.8 Å². The normalized spacial score (nSPS) is 11.7. The molecule has 1 aromatic rings. The molecule has 0 aliphatic heterocycles. The van der Waals surface area contributed by atoms with Crippen molar-refractivity contribution in [3.05, 3.63) is 17.6 Å².